The average molecular weight is 402 g/mol. The van der Waals surface area contributed by atoms with Crippen molar-refractivity contribution in [2.75, 3.05) is 13.6 Å². The molecule has 0 fully saturated rings. The summed E-state index contributed by atoms with van der Waals surface area (Å²) in [5, 5.41) is 0. The SMILES string of the molecule is COc1cc(Br)c(OC[B-](F)(F)F)cc1Br.[K+]. The maximum Gasteiger partial charge on any atom is 1.00 e. The Balaban J connectivity index is 0.00000256. The number of benzene rings is 1. The van der Waals surface area contributed by atoms with Gasteiger partial charge in [0.25, 0.3) is 0 Å². The summed E-state index contributed by atoms with van der Waals surface area (Å²) in [5.41, 5.74) is 0. The maximum atomic E-state index is 12.0. The molecule has 0 aromatic heterocycles. The fraction of sp³-hybridized carbons (Fsp3) is 0.250. The van der Waals surface area contributed by atoms with Crippen LogP contribution in [0.1, 0.15) is 0 Å². The van der Waals surface area contributed by atoms with E-state index in [1.54, 1.807) is 0 Å². The van der Waals surface area contributed by atoms with Crippen LogP contribution in [-0.2, 0) is 0 Å². The second-order valence-corrected chi connectivity index (χ2v) is 4.65. The zero-order valence-corrected chi connectivity index (χ0v) is 15.4. The van der Waals surface area contributed by atoms with Crippen molar-refractivity contribution in [3.05, 3.63) is 21.1 Å². The van der Waals surface area contributed by atoms with E-state index in [0.29, 0.717) is 14.7 Å². The molecule has 0 unspecified atom stereocenters. The molecule has 0 atom stereocenters. The summed E-state index contributed by atoms with van der Waals surface area (Å²) >= 11 is 6.26. The minimum absolute atomic E-state index is 0. The second kappa shape index (κ2) is 7.76. The molecule has 0 radical (unpaired) electrons. The van der Waals surface area contributed by atoms with E-state index in [2.05, 4.69) is 36.6 Å². The molecule has 0 aliphatic rings. The molecule has 17 heavy (non-hydrogen) atoms. The van der Waals surface area contributed by atoms with Gasteiger partial charge in [-0.2, -0.15) is 0 Å². The molecule has 0 amide bonds. The van der Waals surface area contributed by atoms with Crippen molar-refractivity contribution >= 4 is 38.8 Å². The van der Waals surface area contributed by atoms with E-state index in [1.807, 2.05) is 0 Å². The van der Waals surface area contributed by atoms with Crippen LogP contribution >= 0.6 is 31.9 Å². The first-order chi connectivity index (χ1) is 7.33. The van der Waals surface area contributed by atoms with Crippen LogP contribution in [0.25, 0.3) is 0 Å². The van der Waals surface area contributed by atoms with Crippen molar-refractivity contribution in [1.29, 1.82) is 0 Å². The van der Waals surface area contributed by atoms with E-state index in [9.17, 15) is 12.9 Å². The van der Waals surface area contributed by atoms with Crippen molar-refractivity contribution < 1.29 is 73.8 Å². The first-order valence-electron chi connectivity index (χ1n) is 4.20. The van der Waals surface area contributed by atoms with E-state index in [1.165, 1.54) is 19.2 Å². The zero-order chi connectivity index (χ0) is 12.3. The third kappa shape index (κ3) is 6.31. The number of hydrogen-bond acceptors (Lipinski definition) is 2. The third-order valence-corrected chi connectivity index (χ3v) is 2.87. The van der Waals surface area contributed by atoms with Crippen molar-refractivity contribution in [1.82, 2.24) is 0 Å². The molecule has 0 saturated heterocycles. The number of ether oxygens (including phenoxy) is 2. The third-order valence-electron chi connectivity index (χ3n) is 1.63. The minimum atomic E-state index is -4.96. The summed E-state index contributed by atoms with van der Waals surface area (Å²) in [7, 11) is 1.46. The van der Waals surface area contributed by atoms with Crippen molar-refractivity contribution in [3.8, 4) is 11.5 Å². The normalized spacial score (nSPS) is 10.7. The van der Waals surface area contributed by atoms with Crippen molar-refractivity contribution in [2.24, 2.45) is 0 Å². The molecule has 0 saturated carbocycles. The predicted molar refractivity (Wildman–Crippen MR) is 63.0 cm³/mol. The van der Waals surface area contributed by atoms with E-state index < -0.39 is 13.5 Å². The molecule has 1 aromatic carbocycles. The standard InChI is InChI=1S/C8H7BBr2F3O2.K/c1-15-7-2-6(11)8(3-5(7)10)16-4-9(12,13)14;/h2-3H,4H2,1H3;/q-1;+1. The van der Waals surface area contributed by atoms with Gasteiger partial charge in [0, 0.05) is 0 Å². The van der Waals surface area contributed by atoms with E-state index >= 15 is 0 Å². The Morgan fingerprint density at radius 3 is 2.06 bits per heavy atom. The minimum Gasteiger partial charge on any atom is -0.521 e. The summed E-state index contributed by atoms with van der Waals surface area (Å²) in [6.07, 6.45) is 0. The summed E-state index contributed by atoms with van der Waals surface area (Å²) in [5.74, 6) is 0.628. The molecular weight excluding hydrogens is 395 g/mol. The summed E-state index contributed by atoms with van der Waals surface area (Å²) in [6, 6.07) is 2.95. The summed E-state index contributed by atoms with van der Waals surface area (Å²) < 4.78 is 46.6. The van der Waals surface area contributed by atoms with Crippen LogP contribution in [0, 0.1) is 0 Å². The molecule has 0 spiro atoms. The van der Waals surface area contributed by atoms with Crippen LogP contribution in [0.3, 0.4) is 0 Å². The molecule has 9 heteroatoms. The van der Waals surface area contributed by atoms with Gasteiger partial charge in [-0.1, -0.05) is 0 Å². The first kappa shape index (κ1) is 18.3. The Bertz CT molecular complexity index is 390. The first-order valence-corrected chi connectivity index (χ1v) is 5.79. The van der Waals surface area contributed by atoms with Crippen LogP contribution in [0.15, 0.2) is 21.1 Å². The molecule has 90 valence electrons. The number of rotatable bonds is 4. The van der Waals surface area contributed by atoms with Gasteiger partial charge in [-0.25, -0.2) is 0 Å². The molecule has 0 heterocycles. The van der Waals surface area contributed by atoms with E-state index in [4.69, 9.17) is 4.74 Å². The van der Waals surface area contributed by atoms with Gasteiger partial charge in [0.05, 0.1) is 22.6 Å². The smallest absolute Gasteiger partial charge is 0.521 e. The van der Waals surface area contributed by atoms with Crippen molar-refractivity contribution in [2.45, 2.75) is 0 Å². The van der Waals surface area contributed by atoms with Gasteiger partial charge in [-0.05, 0) is 44.0 Å². The van der Waals surface area contributed by atoms with Crippen LogP contribution in [0.4, 0.5) is 12.9 Å². The van der Waals surface area contributed by atoms with Crippen LogP contribution in [-0.4, -0.2) is 20.6 Å². The molecule has 1 rings (SSSR count). The molecule has 0 bridgehead atoms. The Morgan fingerprint density at radius 2 is 1.59 bits per heavy atom. The molecular formula is C8H7BBr2F3KO2. The topological polar surface area (TPSA) is 18.5 Å². The van der Waals surface area contributed by atoms with Gasteiger partial charge < -0.3 is 22.4 Å². The Morgan fingerprint density at radius 1 is 1.12 bits per heavy atom. The molecule has 1 aromatic rings. The molecule has 0 aliphatic carbocycles. The fourth-order valence-electron chi connectivity index (χ4n) is 0.962. The average Bonchev–Trinajstić information content (AvgIpc) is 2.17. The number of halogens is 5. The van der Waals surface area contributed by atoms with Gasteiger partial charge in [-0.3, -0.25) is 0 Å². The molecule has 0 N–H and O–H groups in total. The molecule has 0 aliphatic heterocycles. The van der Waals surface area contributed by atoms with E-state index in [0.717, 1.165) is 0 Å². The number of methoxy groups -OCH3 is 1. The monoisotopic (exact) mass is 400 g/mol. The van der Waals surface area contributed by atoms with Gasteiger partial charge in [0.1, 0.15) is 11.5 Å². The Hall–Kier alpha value is 1.27. The van der Waals surface area contributed by atoms with Crippen LogP contribution in [0.2, 0.25) is 0 Å². The van der Waals surface area contributed by atoms with Gasteiger partial charge in [-0.15, -0.1) is 0 Å². The Labute approximate surface area is 156 Å². The van der Waals surface area contributed by atoms with Crippen LogP contribution in [0.5, 0.6) is 11.5 Å². The molecule has 2 nitrogen and oxygen atoms in total. The zero-order valence-electron chi connectivity index (χ0n) is 9.15. The second-order valence-electron chi connectivity index (χ2n) is 2.94. The quantitative estimate of drug-likeness (QED) is 0.701. The summed E-state index contributed by atoms with van der Waals surface area (Å²) in [6.45, 7) is -6.22. The fourth-order valence-corrected chi connectivity index (χ4v) is 1.88. The summed E-state index contributed by atoms with van der Waals surface area (Å²) in [4.78, 5) is 0. The van der Waals surface area contributed by atoms with Crippen LogP contribution < -0.4 is 60.9 Å². The van der Waals surface area contributed by atoms with Gasteiger partial charge in [0.15, 0.2) is 0 Å². The number of hydrogen-bond donors (Lipinski definition) is 0. The Kier molecular flexibility index (Phi) is 8.34. The van der Waals surface area contributed by atoms with Crippen molar-refractivity contribution in [3.63, 3.8) is 0 Å². The van der Waals surface area contributed by atoms with E-state index in [-0.39, 0.29) is 57.1 Å². The maximum absolute atomic E-state index is 12.0. The van der Waals surface area contributed by atoms with Gasteiger partial charge >= 0.3 is 58.4 Å². The predicted octanol–water partition coefficient (Wildman–Crippen LogP) is 0.990. The van der Waals surface area contributed by atoms with Gasteiger partial charge in [0.2, 0.25) is 0 Å². The largest absolute Gasteiger partial charge is 1.00 e.